The van der Waals surface area contributed by atoms with E-state index in [0.29, 0.717) is 24.1 Å². The maximum absolute atomic E-state index is 12.1. The summed E-state index contributed by atoms with van der Waals surface area (Å²) in [6.45, 7) is 1.89. The largest absolute Gasteiger partial charge is 0.409 e. The van der Waals surface area contributed by atoms with Crippen LogP contribution in [0.25, 0.3) is 0 Å². The first-order chi connectivity index (χ1) is 9.49. The molecule has 0 aromatic heterocycles. The van der Waals surface area contributed by atoms with Crippen LogP contribution in [-0.4, -0.2) is 22.9 Å². The van der Waals surface area contributed by atoms with Crippen molar-refractivity contribution in [2.24, 2.45) is 22.5 Å². The van der Waals surface area contributed by atoms with Crippen molar-refractivity contribution in [1.82, 2.24) is 0 Å². The van der Waals surface area contributed by atoms with Crippen LogP contribution >= 0.6 is 0 Å². The Kier molecular flexibility index (Phi) is 5.52. The Morgan fingerprint density at radius 3 is 2.65 bits per heavy atom. The first kappa shape index (κ1) is 15.5. The van der Waals surface area contributed by atoms with Crippen LogP contribution in [0.4, 0.5) is 5.69 Å². The number of nitrogens with one attached hydrogen (secondary N) is 1. The maximum Gasteiger partial charge on any atom is 0.248 e. The summed E-state index contributed by atoms with van der Waals surface area (Å²) in [5.41, 5.74) is 11.4. The number of hydrogen-bond donors (Lipinski definition) is 4. The van der Waals surface area contributed by atoms with Crippen LogP contribution in [0.5, 0.6) is 0 Å². The lowest BCUT2D eigenvalue weighted by Crippen LogP contribution is -2.34. The van der Waals surface area contributed by atoms with Crippen LogP contribution in [0.2, 0.25) is 0 Å². The van der Waals surface area contributed by atoms with Crippen molar-refractivity contribution in [2.45, 2.75) is 19.8 Å². The van der Waals surface area contributed by atoms with Gasteiger partial charge in [-0.1, -0.05) is 24.6 Å². The number of anilines is 1. The van der Waals surface area contributed by atoms with Crippen molar-refractivity contribution in [1.29, 1.82) is 0 Å². The normalized spacial score (nSPS) is 12.8. The van der Waals surface area contributed by atoms with Gasteiger partial charge in [0.05, 0.1) is 5.92 Å². The van der Waals surface area contributed by atoms with Crippen LogP contribution in [-0.2, 0) is 4.79 Å². The second-order valence-corrected chi connectivity index (χ2v) is 4.30. The molecule has 1 aromatic carbocycles. The lowest BCUT2D eigenvalue weighted by atomic mass is 10.0. The van der Waals surface area contributed by atoms with Gasteiger partial charge < -0.3 is 22.0 Å². The molecule has 20 heavy (non-hydrogen) atoms. The number of amidine groups is 1. The number of benzene rings is 1. The predicted octanol–water partition coefficient (Wildman–Crippen LogP) is 0.887. The molecule has 7 nitrogen and oxygen atoms in total. The Morgan fingerprint density at radius 1 is 1.40 bits per heavy atom. The number of hydrogen-bond acceptors (Lipinski definition) is 4. The van der Waals surface area contributed by atoms with Crippen LogP contribution in [0, 0.1) is 5.92 Å². The highest BCUT2D eigenvalue weighted by molar-refractivity contribution is 6.08. The standard InChI is InChI=1S/C13H18N4O3/c1-2-4-10(11(14)17-20)13(19)16-9-6-3-5-8(7-9)12(15)18/h3,5-7,10,20H,2,4H2,1H3,(H2,14,17)(H2,15,18)(H,16,19). The minimum atomic E-state index is -0.720. The Balaban J connectivity index is 2.88. The van der Waals surface area contributed by atoms with Crippen molar-refractivity contribution >= 4 is 23.3 Å². The number of amides is 2. The van der Waals surface area contributed by atoms with Crippen molar-refractivity contribution in [2.75, 3.05) is 5.32 Å². The molecular formula is C13H18N4O3. The van der Waals surface area contributed by atoms with E-state index in [0.717, 1.165) is 0 Å². The third-order valence-electron chi connectivity index (χ3n) is 2.78. The van der Waals surface area contributed by atoms with Gasteiger partial charge in [0.15, 0.2) is 5.84 Å². The average Bonchev–Trinajstić information content (AvgIpc) is 2.44. The monoisotopic (exact) mass is 278 g/mol. The molecule has 0 radical (unpaired) electrons. The number of carbonyl (C=O) groups is 2. The van der Waals surface area contributed by atoms with E-state index in [2.05, 4.69) is 10.5 Å². The van der Waals surface area contributed by atoms with E-state index in [1.54, 1.807) is 18.2 Å². The van der Waals surface area contributed by atoms with Gasteiger partial charge in [-0.05, 0) is 24.6 Å². The van der Waals surface area contributed by atoms with Crippen LogP contribution in [0.3, 0.4) is 0 Å². The molecule has 0 saturated carbocycles. The van der Waals surface area contributed by atoms with Gasteiger partial charge in [-0.3, -0.25) is 9.59 Å². The first-order valence-electron chi connectivity index (χ1n) is 6.17. The molecule has 6 N–H and O–H groups in total. The summed E-state index contributed by atoms with van der Waals surface area (Å²) in [5, 5.41) is 14.2. The molecule has 1 unspecified atom stereocenters. The van der Waals surface area contributed by atoms with Crippen molar-refractivity contribution in [3.05, 3.63) is 29.8 Å². The molecule has 0 fully saturated rings. The summed E-state index contributed by atoms with van der Waals surface area (Å²) in [6, 6.07) is 6.24. The zero-order valence-corrected chi connectivity index (χ0v) is 11.2. The highest BCUT2D eigenvalue weighted by Crippen LogP contribution is 2.14. The van der Waals surface area contributed by atoms with Gasteiger partial charge in [-0.2, -0.15) is 0 Å². The summed E-state index contributed by atoms with van der Waals surface area (Å²) in [5.74, 6) is -1.84. The number of oxime groups is 1. The molecule has 0 aliphatic heterocycles. The highest BCUT2D eigenvalue weighted by atomic mass is 16.4. The zero-order chi connectivity index (χ0) is 15.1. The second-order valence-electron chi connectivity index (χ2n) is 4.30. The van der Waals surface area contributed by atoms with Gasteiger partial charge in [-0.25, -0.2) is 0 Å². The van der Waals surface area contributed by atoms with Crippen molar-refractivity contribution in [3.8, 4) is 0 Å². The molecule has 1 atom stereocenters. The molecule has 1 rings (SSSR count). The summed E-state index contributed by atoms with van der Waals surface area (Å²) in [6.07, 6.45) is 1.16. The van der Waals surface area contributed by atoms with Gasteiger partial charge in [-0.15, -0.1) is 0 Å². The Labute approximate surface area is 116 Å². The van der Waals surface area contributed by atoms with Gasteiger partial charge >= 0.3 is 0 Å². The summed E-state index contributed by atoms with van der Waals surface area (Å²) in [4.78, 5) is 23.2. The number of nitrogens with two attached hydrogens (primary N) is 2. The van der Waals surface area contributed by atoms with E-state index in [1.807, 2.05) is 6.92 Å². The molecule has 7 heteroatoms. The maximum atomic E-state index is 12.1. The molecule has 0 saturated heterocycles. The van der Waals surface area contributed by atoms with E-state index in [1.165, 1.54) is 6.07 Å². The molecule has 108 valence electrons. The molecule has 0 bridgehead atoms. The Hall–Kier alpha value is -2.57. The predicted molar refractivity (Wildman–Crippen MR) is 75.4 cm³/mol. The molecule has 0 spiro atoms. The topological polar surface area (TPSA) is 131 Å². The molecule has 0 aliphatic carbocycles. The third-order valence-corrected chi connectivity index (χ3v) is 2.78. The minimum absolute atomic E-state index is 0.143. The summed E-state index contributed by atoms with van der Waals surface area (Å²) < 4.78 is 0. The fourth-order valence-corrected chi connectivity index (χ4v) is 1.75. The fourth-order valence-electron chi connectivity index (χ4n) is 1.75. The van der Waals surface area contributed by atoms with E-state index < -0.39 is 17.7 Å². The van der Waals surface area contributed by atoms with Gasteiger partial charge in [0.25, 0.3) is 0 Å². The molecular weight excluding hydrogens is 260 g/mol. The smallest absolute Gasteiger partial charge is 0.248 e. The first-order valence-corrected chi connectivity index (χ1v) is 6.17. The van der Waals surface area contributed by atoms with E-state index in [-0.39, 0.29) is 5.84 Å². The SMILES string of the molecule is CCCC(C(=O)Nc1cccc(C(N)=O)c1)/C(N)=N/O. The molecule has 0 aliphatic rings. The Morgan fingerprint density at radius 2 is 2.10 bits per heavy atom. The van der Waals surface area contributed by atoms with Crippen LogP contribution < -0.4 is 16.8 Å². The van der Waals surface area contributed by atoms with Crippen LogP contribution in [0.1, 0.15) is 30.1 Å². The zero-order valence-electron chi connectivity index (χ0n) is 11.2. The lowest BCUT2D eigenvalue weighted by Gasteiger charge is -2.14. The lowest BCUT2D eigenvalue weighted by molar-refractivity contribution is -0.118. The second kappa shape index (κ2) is 7.13. The number of carbonyl (C=O) groups excluding carboxylic acids is 2. The van der Waals surface area contributed by atoms with E-state index >= 15 is 0 Å². The van der Waals surface area contributed by atoms with Gasteiger partial charge in [0.2, 0.25) is 11.8 Å². The highest BCUT2D eigenvalue weighted by Gasteiger charge is 2.22. The third kappa shape index (κ3) is 3.98. The number of primary amides is 1. The van der Waals surface area contributed by atoms with Crippen molar-refractivity contribution in [3.63, 3.8) is 0 Å². The summed E-state index contributed by atoms with van der Waals surface area (Å²) >= 11 is 0. The number of nitrogens with zero attached hydrogens (tertiary/aromatic N) is 1. The van der Waals surface area contributed by atoms with Gasteiger partial charge in [0.1, 0.15) is 0 Å². The van der Waals surface area contributed by atoms with Gasteiger partial charge in [0, 0.05) is 11.3 Å². The minimum Gasteiger partial charge on any atom is -0.409 e. The average molecular weight is 278 g/mol. The van der Waals surface area contributed by atoms with Crippen LogP contribution in [0.15, 0.2) is 29.4 Å². The van der Waals surface area contributed by atoms with Crippen molar-refractivity contribution < 1.29 is 14.8 Å². The molecule has 2 amide bonds. The Bertz CT molecular complexity index is 528. The molecule has 1 aromatic rings. The fraction of sp³-hybridized carbons (Fsp3) is 0.308. The number of rotatable bonds is 6. The van der Waals surface area contributed by atoms with E-state index in [9.17, 15) is 9.59 Å². The quantitative estimate of drug-likeness (QED) is 0.266. The summed E-state index contributed by atoms with van der Waals surface area (Å²) in [7, 11) is 0. The van der Waals surface area contributed by atoms with E-state index in [4.69, 9.17) is 16.7 Å². The molecule has 0 heterocycles.